The maximum absolute atomic E-state index is 13.3. The fourth-order valence-electron chi connectivity index (χ4n) is 9.75. The van der Waals surface area contributed by atoms with Crippen molar-refractivity contribution in [2.24, 2.45) is 0 Å². The summed E-state index contributed by atoms with van der Waals surface area (Å²) in [6, 6.07) is -0.887. The van der Waals surface area contributed by atoms with Crippen molar-refractivity contribution in [2.45, 2.75) is 291 Å². The van der Waals surface area contributed by atoms with Crippen LogP contribution in [0.15, 0.2) is 24.3 Å². The number of allylic oxidation sites excluding steroid dienone is 4. The van der Waals surface area contributed by atoms with Crippen molar-refractivity contribution in [1.82, 2.24) is 5.32 Å². The van der Waals surface area contributed by atoms with Gasteiger partial charge in [0.25, 0.3) is 0 Å². The molecule has 0 aromatic rings. The number of carbonyl (C=O) groups excluding carboxylic acids is 1. The zero-order chi connectivity index (χ0) is 54.1. The number of ether oxygens (including phenoxy) is 6. The van der Waals surface area contributed by atoms with E-state index in [4.69, 9.17) is 28.4 Å². The Labute approximate surface area is 441 Å². The van der Waals surface area contributed by atoms with Crippen molar-refractivity contribution in [3.63, 3.8) is 0 Å². The Morgan fingerprint density at radius 1 is 0.486 bits per heavy atom. The Morgan fingerprint density at radius 3 is 1.39 bits per heavy atom. The van der Waals surface area contributed by atoms with Crippen molar-refractivity contribution < 1.29 is 89.4 Å². The van der Waals surface area contributed by atoms with Gasteiger partial charge in [-0.15, -0.1) is 0 Å². The van der Waals surface area contributed by atoms with Gasteiger partial charge in [-0.2, -0.15) is 0 Å². The highest BCUT2D eigenvalue weighted by Crippen LogP contribution is 2.33. The van der Waals surface area contributed by atoms with Crippen LogP contribution in [0.4, 0.5) is 0 Å². The molecule has 0 aromatic carbocycles. The van der Waals surface area contributed by atoms with E-state index >= 15 is 0 Å². The Bertz CT molecular complexity index is 1460. The molecule has 19 heteroatoms. The van der Waals surface area contributed by atoms with Crippen molar-refractivity contribution in [3.8, 4) is 0 Å². The summed E-state index contributed by atoms with van der Waals surface area (Å²) >= 11 is 0. The molecule has 0 bridgehead atoms. The smallest absolute Gasteiger partial charge is 0.220 e. The summed E-state index contributed by atoms with van der Waals surface area (Å²) in [5, 5.41) is 120. The average molecular weight is 1060 g/mol. The number of amides is 1. The molecule has 0 spiro atoms. The largest absolute Gasteiger partial charge is 0.394 e. The zero-order valence-electron chi connectivity index (χ0n) is 44.8. The highest BCUT2D eigenvalue weighted by atomic mass is 16.8. The van der Waals surface area contributed by atoms with Crippen LogP contribution in [0.5, 0.6) is 0 Å². The van der Waals surface area contributed by atoms with E-state index in [1.807, 2.05) is 0 Å². The Kier molecular flexibility index (Phi) is 35.6. The number of unbranched alkanes of at least 4 members (excludes halogenated alkanes) is 21. The van der Waals surface area contributed by atoms with Crippen molar-refractivity contribution >= 4 is 5.91 Å². The van der Waals surface area contributed by atoms with Gasteiger partial charge >= 0.3 is 0 Å². The summed E-state index contributed by atoms with van der Waals surface area (Å²) in [7, 11) is 0. The van der Waals surface area contributed by atoms with E-state index in [0.717, 1.165) is 70.6 Å². The minimum atomic E-state index is -1.97. The van der Waals surface area contributed by atoms with Crippen LogP contribution in [0.3, 0.4) is 0 Å². The average Bonchev–Trinajstić information content (AvgIpc) is 3.40. The van der Waals surface area contributed by atoms with Gasteiger partial charge in [-0.1, -0.05) is 160 Å². The minimum Gasteiger partial charge on any atom is -0.394 e. The lowest BCUT2D eigenvalue weighted by Crippen LogP contribution is -2.66. The predicted molar refractivity (Wildman–Crippen MR) is 277 cm³/mol. The molecule has 3 aliphatic rings. The Balaban J connectivity index is 1.50. The fraction of sp³-hybridized carbons (Fsp3) is 0.909. The first-order chi connectivity index (χ1) is 35.8. The van der Waals surface area contributed by atoms with E-state index in [9.17, 15) is 61.0 Å². The third-order valence-electron chi connectivity index (χ3n) is 14.5. The van der Waals surface area contributed by atoms with Gasteiger partial charge in [0, 0.05) is 6.42 Å². The summed E-state index contributed by atoms with van der Waals surface area (Å²) < 4.78 is 34.2. The highest BCUT2D eigenvalue weighted by Gasteiger charge is 2.53. The second kappa shape index (κ2) is 39.6. The lowest BCUT2D eigenvalue weighted by atomic mass is 9.96. The van der Waals surface area contributed by atoms with Gasteiger partial charge in [-0.25, -0.2) is 0 Å². The van der Waals surface area contributed by atoms with E-state index in [1.165, 1.54) is 83.5 Å². The molecular formula is C55H101NO18. The summed E-state index contributed by atoms with van der Waals surface area (Å²) in [5.41, 5.74) is 0. The molecule has 19 nitrogen and oxygen atoms in total. The van der Waals surface area contributed by atoms with Crippen LogP contribution in [0, 0.1) is 0 Å². The molecule has 0 aromatic heterocycles. The zero-order valence-corrected chi connectivity index (χ0v) is 44.8. The van der Waals surface area contributed by atoms with Gasteiger partial charge in [-0.3, -0.25) is 4.79 Å². The number of nitrogens with one attached hydrogen (secondary N) is 1. The Hall–Kier alpha value is -1.73. The van der Waals surface area contributed by atoms with Crippen molar-refractivity contribution in [2.75, 3.05) is 26.4 Å². The molecule has 0 radical (unpaired) electrons. The van der Waals surface area contributed by atoms with Crippen LogP contribution in [0.25, 0.3) is 0 Å². The SMILES string of the molecule is CCCCCC/C=C\C/C=C\CCCCCCCCCC(=O)NC(COC1OC(CO)C(OC2OC(CO)C(OC3OC(CO)C(O)C(O)C3O)C(O)C2O)C(O)C1O)C(O)CCCCCCCCCCCCC. The molecule has 3 saturated heterocycles. The molecule has 12 N–H and O–H groups in total. The molecule has 3 aliphatic heterocycles. The van der Waals surface area contributed by atoms with Gasteiger partial charge in [0.15, 0.2) is 18.9 Å². The molecule has 1 amide bonds. The molecule has 17 unspecified atom stereocenters. The first-order valence-corrected chi connectivity index (χ1v) is 28.6. The summed E-state index contributed by atoms with van der Waals surface area (Å²) in [4.78, 5) is 13.3. The number of aliphatic hydroxyl groups excluding tert-OH is 11. The summed E-state index contributed by atoms with van der Waals surface area (Å²) in [6.07, 6.45) is 11.3. The lowest BCUT2D eigenvalue weighted by Gasteiger charge is -2.48. The fourth-order valence-corrected chi connectivity index (χ4v) is 9.75. The molecular weight excluding hydrogens is 963 g/mol. The van der Waals surface area contributed by atoms with Crippen LogP contribution >= 0.6 is 0 Å². The van der Waals surface area contributed by atoms with E-state index in [1.54, 1.807) is 0 Å². The van der Waals surface area contributed by atoms with Crippen molar-refractivity contribution in [3.05, 3.63) is 24.3 Å². The molecule has 74 heavy (non-hydrogen) atoms. The first-order valence-electron chi connectivity index (χ1n) is 28.6. The minimum absolute atomic E-state index is 0.253. The number of hydrogen-bond acceptors (Lipinski definition) is 18. The van der Waals surface area contributed by atoms with Gasteiger partial charge in [0.1, 0.15) is 73.2 Å². The quantitative estimate of drug-likeness (QED) is 0.0304. The molecule has 0 aliphatic carbocycles. The van der Waals surface area contributed by atoms with Crippen molar-refractivity contribution in [1.29, 1.82) is 0 Å². The maximum Gasteiger partial charge on any atom is 0.220 e. The third-order valence-corrected chi connectivity index (χ3v) is 14.5. The van der Waals surface area contributed by atoms with Crippen LogP contribution in [-0.2, 0) is 33.2 Å². The molecule has 3 rings (SSSR count). The highest BCUT2D eigenvalue weighted by molar-refractivity contribution is 5.76. The second-order valence-corrected chi connectivity index (χ2v) is 20.8. The van der Waals surface area contributed by atoms with Gasteiger partial charge < -0.3 is 89.9 Å². The van der Waals surface area contributed by atoms with Gasteiger partial charge in [-0.05, 0) is 44.9 Å². The molecule has 3 heterocycles. The predicted octanol–water partition coefficient (Wildman–Crippen LogP) is 3.98. The van der Waals surface area contributed by atoms with Crippen LogP contribution in [-0.4, -0.2) is 193 Å². The lowest BCUT2D eigenvalue weighted by molar-refractivity contribution is -0.379. The topological polar surface area (TPSA) is 307 Å². The molecule has 17 atom stereocenters. The molecule has 3 fully saturated rings. The van der Waals surface area contributed by atoms with Crippen LogP contribution < -0.4 is 5.32 Å². The van der Waals surface area contributed by atoms with Gasteiger partial charge in [0.05, 0.1) is 38.6 Å². The monoisotopic (exact) mass is 1060 g/mol. The van der Waals surface area contributed by atoms with E-state index < -0.39 is 124 Å². The molecule has 434 valence electrons. The van der Waals surface area contributed by atoms with Gasteiger partial charge in [0.2, 0.25) is 5.91 Å². The number of aliphatic hydroxyl groups is 11. The summed E-state index contributed by atoms with van der Waals surface area (Å²) in [6.45, 7) is 1.73. The maximum atomic E-state index is 13.3. The third kappa shape index (κ3) is 24.1. The van der Waals surface area contributed by atoms with E-state index in [-0.39, 0.29) is 18.9 Å². The number of carbonyl (C=O) groups is 1. The summed E-state index contributed by atoms with van der Waals surface area (Å²) in [5.74, 6) is -0.253. The van der Waals surface area contributed by atoms with E-state index in [2.05, 4.69) is 43.5 Å². The Morgan fingerprint density at radius 2 is 0.892 bits per heavy atom. The second-order valence-electron chi connectivity index (χ2n) is 20.8. The van der Waals surface area contributed by atoms with Crippen LogP contribution in [0.1, 0.15) is 187 Å². The van der Waals surface area contributed by atoms with Crippen LogP contribution in [0.2, 0.25) is 0 Å². The first kappa shape index (κ1) is 66.5. The standard InChI is InChI=1S/C55H101NO18/c1-3-5-7-9-11-13-15-16-17-18-19-20-21-23-25-27-29-31-33-43(61)56-38(39(60)32-30-28-26-24-22-14-12-10-8-6-4-2)37-69-53-49(67)46(64)51(41(35-58)71-53)74-55-50(68)47(65)52(42(36-59)72-55)73-54-48(66)45(63)44(62)40(34-57)70-54/h13,15,17-18,38-42,44-55,57-60,62-68H,3-12,14,16,19-37H2,1-2H3,(H,56,61)/b15-13-,18-17-. The normalized spacial score (nSPS) is 31.6. The van der Waals surface area contributed by atoms with E-state index in [0.29, 0.717) is 12.8 Å². The number of rotatable bonds is 41. The number of hydrogen-bond donors (Lipinski definition) is 12. The molecule has 0 saturated carbocycles.